The summed E-state index contributed by atoms with van der Waals surface area (Å²) in [5.41, 5.74) is 6.44. The van der Waals surface area contributed by atoms with Gasteiger partial charge >= 0.3 is 0 Å². The molecule has 1 heterocycles. The molecule has 108 valence electrons. The fraction of sp³-hybridized carbons (Fsp3) is 0.571. The summed E-state index contributed by atoms with van der Waals surface area (Å²) < 4.78 is 14.6. The minimum absolute atomic E-state index is 0. The zero-order chi connectivity index (χ0) is 13.0. The molecule has 0 amide bonds. The SMILES string of the molecule is Cl.NCCC1CCCCN1Cc1ccc(Br)cc1F. The Morgan fingerprint density at radius 3 is 2.84 bits per heavy atom. The Bertz CT molecular complexity index is 401. The van der Waals surface area contributed by atoms with Gasteiger partial charge in [0.25, 0.3) is 0 Å². The number of likely N-dealkylation sites (tertiary alicyclic amines) is 1. The van der Waals surface area contributed by atoms with Crippen molar-refractivity contribution in [1.82, 2.24) is 4.90 Å². The lowest BCUT2D eigenvalue weighted by Gasteiger charge is -2.35. The first kappa shape index (κ1) is 16.9. The number of piperidine rings is 1. The van der Waals surface area contributed by atoms with Gasteiger partial charge in [0.15, 0.2) is 0 Å². The maximum Gasteiger partial charge on any atom is 0.128 e. The van der Waals surface area contributed by atoms with E-state index in [4.69, 9.17) is 5.73 Å². The van der Waals surface area contributed by atoms with Crippen molar-refractivity contribution in [2.24, 2.45) is 5.73 Å². The van der Waals surface area contributed by atoms with E-state index in [0.29, 0.717) is 19.1 Å². The Morgan fingerprint density at radius 1 is 1.37 bits per heavy atom. The lowest BCUT2D eigenvalue weighted by molar-refractivity contribution is 0.132. The second-order valence-corrected chi connectivity index (χ2v) is 5.85. The highest BCUT2D eigenvalue weighted by Crippen LogP contribution is 2.23. The fourth-order valence-electron chi connectivity index (χ4n) is 2.66. The predicted molar refractivity (Wildman–Crippen MR) is 83.1 cm³/mol. The number of hydrogen-bond donors (Lipinski definition) is 1. The van der Waals surface area contributed by atoms with E-state index < -0.39 is 0 Å². The minimum atomic E-state index is -0.124. The summed E-state index contributed by atoms with van der Waals surface area (Å²) in [5.74, 6) is -0.124. The highest BCUT2D eigenvalue weighted by atomic mass is 79.9. The second-order valence-electron chi connectivity index (χ2n) is 4.93. The number of nitrogens with zero attached hydrogens (tertiary/aromatic N) is 1. The van der Waals surface area contributed by atoms with Gasteiger partial charge in [-0.2, -0.15) is 0 Å². The normalized spacial score (nSPS) is 20.1. The van der Waals surface area contributed by atoms with Gasteiger partial charge in [-0.05, 0) is 44.5 Å². The van der Waals surface area contributed by atoms with Crippen LogP contribution in [0.1, 0.15) is 31.2 Å². The highest BCUT2D eigenvalue weighted by Gasteiger charge is 2.22. The molecule has 19 heavy (non-hydrogen) atoms. The highest BCUT2D eigenvalue weighted by molar-refractivity contribution is 9.10. The smallest absolute Gasteiger partial charge is 0.128 e. The van der Waals surface area contributed by atoms with Gasteiger partial charge in [-0.15, -0.1) is 12.4 Å². The third-order valence-electron chi connectivity index (χ3n) is 3.64. The molecule has 2 N–H and O–H groups in total. The van der Waals surface area contributed by atoms with Crippen molar-refractivity contribution in [3.05, 3.63) is 34.1 Å². The average Bonchev–Trinajstić information content (AvgIpc) is 2.35. The van der Waals surface area contributed by atoms with E-state index in [1.165, 1.54) is 25.3 Å². The van der Waals surface area contributed by atoms with Crippen LogP contribution >= 0.6 is 28.3 Å². The molecule has 1 aliphatic heterocycles. The summed E-state index contributed by atoms with van der Waals surface area (Å²) in [6.45, 7) is 2.47. The van der Waals surface area contributed by atoms with Gasteiger partial charge in [-0.3, -0.25) is 4.90 Å². The van der Waals surface area contributed by atoms with Crippen molar-refractivity contribution in [3.8, 4) is 0 Å². The maximum absolute atomic E-state index is 13.8. The van der Waals surface area contributed by atoms with Crippen molar-refractivity contribution >= 4 is 28.3 Å². The van der Waals surface area contributed by atoms with Crippen LogP contribution in [0.2, 0.25) is 0 Å². The first-order valence-corrected chi connectivity index (χ1v) is 7.38. The molecule has 1 atom stereocenters. The molecule has 2 rings (SSSR count). The van der Waals surface area contributed by atoms with Crippen LogP contribution in [-0.2, 0) is 6.54 Å². The largest absolute Gasteiger partial charge is 0.330 e. The first-order chi connectivity index (χ1) is 8.70. The lowest BCUT2D eigenvalue weighted by atomic mass is 9.98. The summed E-state index contributed by atoms with van der Waals surface area (Å²) in [6.07, 6.45) is 4.68. The average molecular weight is 352 g/mol. The number of hydrogen-bond acceptors (Lipinski definition) is 2. The molecule has 0 aromatic heterocycles. The molecule has 1 fully saturated rings. The Morgan fingerprint density at radius 2 is 2.16 bits per heavy atom. The van der Waals surface area contributed by atoms with Gasteiger partial charge in [0.05, 0.1) is 0 Å². The van der Waals surface area contributed by atoms with E-state index in [1.807, 2.05) is 12.1 Å². The van der Waals surface area contributed by atoms with Crippen LogP contribution in [-0.4, -0.2) is 24.0 Å². The molecule has 0 radical (unpaired) electrons. The van der Waals surface area contributed by atoms with Crippen LogP contribution in [0.4, 0.5) is 4.39 Å². The minimum Gasteiger partial charge on any atom is -0.330 e. The molecule has 0 saturated carbocycles. The summed E-state index contributed by atoms with van der Waals surface area (Å²) >= 11 is 3.29. The van der Waals surface area contributed by atoms with E-state index in [9.17, 15) is 4.39 Å². The zero-order valence-electron chi connectivity index (χ0n) is 10.9. The predicted octanol–water partition coefficient (Wildman–Crippen LogP) is 3.71. The van der Waals surface area contributed by atoms with E-state index in [-0.39, 0.29) is 18.2 Å². The van der Waals surface area contributed by atoms with Crippen LogP contribution in [0.25, 0.3) is 0 Å². The van der Waals surface area contributed by atoms with Crippen LogP contribution in [0.5, 0.6) is 0 Å². The third kappa shape index (κ3) is 4.71. The summed E-state index contributed by atoms with van der Waals surface area (Å²) in [5, 5.41) is 0. The maximum atomic E-state index is 13.8. The van der Waals surface area contributed by atoms with E-state index in [0.717, 1.165) is 23.0 Å². The van der Waals surface area contributed by atoms with Crippen LogP contribution in [0, 0.1) is 5.82 Å². The molecule has 1 aromatic carbocycles. The molecular weight excluding hydrogens is 331 g/mol. The Labute approximate surface area is 129 Å². The van der Waals surface area contributed by atoms with Crippen molar-refractivity contribution in [3.63, 3.8) is 0 Å². The van der Waals surface area contributed by atoms with Crippen LogP contribution < -0.4 is 5.73 Å². The topological polar surface area (TPSA) is 29.3 Å². The standard InChI is InChI=1S/C14H20BrFN2.ClH/c15-12-5-4-11(14(16)9-12)10-18-8-2-1-3-13(18)6-7-17;/h4-5,9,13H,1-3,6-8,10,17H2;1H. The molecule has 0 aliphatic carbocycles. The van der Waals surface area contributed by atoms with Crippen molar-refractivity contribution < 1.29 is 4.39 Å². The van der Waals surface area contributed by atoms with Gasteiger partial charge in [-0.1, -0.05) is 28.4 Å². The molecule has 1 unspecified atom stereocenters. The van der Waals surface area contributed by atoms with Crippen molar-refractivity contribution in [2.75, 3.05) is 13.1 Å². The molecule has 5 heteroatoms. The van der Waals surface area contributed by atoms with E-state index >= 15 is 0 Å². The number of halogens is 3. The van der Waals surface area contributed by atoms with Gasteiger partial charge in [0.1, 0.15) is 5.82 Å². The van der Waals surface area contributed by atoms with E-state index in [1.54, 1.807) is 0 Å². The Balaban J connectivity index is 0.00000180. The first-order valence-electron chi connectivity index (χ1n) is 6.58. The van der Waals surface area contributed by atoms with Gasteiger partial charge in [-0.25, -0.2) is 4.39 Å². The van der Waals surface area contributed by atoms with Crippen molar-refractivity contribution in [2.45, 2.75) is 38.3 Å². The summed E-state index contributed by atoms with van der Waals surface area (Å²) in [6, 6.07) is 5.83. The van der Waals surface area contributed by atoms with Gasteiger partial charge < -0.3 is 5.73 Å². The summed E-state index contributed by atoms with van der Waals surface area (Å²) in [4.78, 5) is 2.38. The molecule has 1 aromatic rings. The Hall–Kier alpha value is -0.160. The van der Waals surface area contributed by atoms with Crippen LogP contribution in [0.3, 0.4) is 0 Å². The third-order valence-corrected chi connectivity index (χ3v) is 4.13. The fourth-order valence-corrected chi connectivity index (χ4v) is 2.99. The monoisotopic (exact) mass is 350 g/mol. The summed E-state index contributed by atoms with van der Waals surface area (Å²) in [7, 11) is 0. The number of rotatable bonds is 4. The molecular formula is C14H21BrClFN2. The molecule has 1 aliphatic rings. The number of benzene rings is 1. The second kappa shape index (κ2) is 8.20. The van der Waals surface area contributed by atoms with Crippen LogP contribution in [0.15, 0.2) is 22.7 Å². The van der Waals surface area contributed by atoms with Gasteiger partial charge in [0.2, 0.25) is 0 Å². The molecule has 0 bridgehead atoms. The molecule has 2 nitrogen and oxygen atoms in total. The van der Waals surface area contributed by atoms with Crippen molar-refractivity contribution in [1.29, 1.82) is 0 Å². The zero-order valence-corrected chi connectivity index (χ0v) is 13.4. The Kier molecular flexibility index (Phi) is 7.29. The van der Waals surface area contributed by atoms with Gasteiger partial charge in [0, 0.05) is 22.6 Å². The molecule has 0 spiro atoms. The quantitative estimate of drug-likeness (QED) is 0.896. The van der Waals surface area contributed by atoms with E-state index in [2.05, 4.69) is 20.8 Å². The number of nitrogens with two attached hydrogens (primary N) is 1. The molecule has 1 saturated heterocycles. The lowest BCUT2D eigenvalue weighted by Crippen LogP contribution is -2.40.